The van der Waals surface area contributed by atoms with Crippen LogP contribution in [0.4, 0.5) is 0 Å². The van der Waals surface area contributed by atoms with Crippen molar-refractivity contribution in [2.45, 2.75) is 32.2 Å². The lowest BCUT2D eigenvalue weighted by atomic mass is 9.97. The van der Waals surface area contributed by atoms with Crippen LogP contribution in [0, 0.1) is 11.8 Å². The van der Waals surface area contributed by atoms with Crippen LogP contribution >= 0.6 is 0 Å². The number of amides is 2. The number of rotatable bonds is 5. The molecule has 1 aliphatic carbocycles. The first kappa shape index (κ1) is 14.0. The molecule has 1 unspecified atom stereocenters. The van der Waals surface area contributed by atoms with Gasteiger partial charge in [-0.1, -0.05) is 0 Å². The highest BCUT2D eigenvalue weighted by molar-refractivity contribution is 5.81. The number of aromatic nitrogens is 4. The van der Waals surface area contributed by atoms with Crippen LogP contribution in [0.2, 0.25) is 0 Å². The van der Waals surface area contributed by atoms with Crippen LogP contribution in [0.3, 0.4) is 0 Å². The lowest BCUT2D eigenvalue weighted by molar-refractivity contribution is -0.136. The third-order valence-corrected chi connectivity index (χ3v) is 4.10. The zero-order valence-electron chi connectivity index (χ0n) is 11.9. The Hall–Kier alpha value is -1.99. The van der Waals surface area contributed by atoms with E-state index in [1.807, 2.05) is 0 Å². The molecule has 0 radical (unpaired) electrons. The van der Waals surface area contributed by atoms with Crippen LogP contribution in [0.5, 0.6) is 0 Å². The standard InChI is InChI=1S/C13H20N6O2/c20-12(8-19-9-15-16-17-19)18-5-1-2-11(7-18)13(21)14-6-10-3-4-10/h9-11H,1-8H2,(H,14,21). The summed E-state index contributed by atoms with van der Waals surface area (Å²) in [5.74, 6) is 0.634. The molecule has 114 valence electrons. The van der Waals surface area contributed by atoms with E-state index in [1.54, 1.807) is 4.90 Å². The molecule has 0 spiro atoms. The lowest BCUT2D eigenvalue weighted by Crippen LogP contribution is -2.46. The highest BCUT2D eigenvalue weighted by Gasteiger charge is 2.29. The number of piperidine rings is 1. The van der Waals surface area contributed by atoms with E-state index in [0.29, 0.717) is 19.0 Å². The Balaban J connectivity index is 1.49. The average Bonchev–Trinajstić information content (AvgIpc) is 3.20. The summed E-state index contributed by atoms with van der Waals surface area (Å²) in [6.07, 6.45) is 5.58. The smallest absolute Gasteiger partial charge is 0.244 e. The summed E-state index contributed by atoms with van der Waals surface area (Å²) in [7, 11) is 0. The summed E-state index contributed by atoms with van der Waals surface area (Å²) >= 11 is 0. The van der Waals surface area contributed by atoms with Gasteiger partial charge in [-0.25, -0.2) is 4.68 Å². The molecular weight excluding hydrogens is 272 g/mol. The molecule has 3 rings (SSSR count). The molecule has 2 amide bonds. The molecule has 2 aliphatic rings. The van der Waals surface area contributed by atoms with Crippen molar-refractivity contribution in [3.05, 3.63) is 6.33 Å². The number of tetrazole rings is 1. The fourth-order valence-electron chi connectivity index (χ4n) is 2.62. The second kappa shape index (κ2) is 6.19. The maximum absolute atomic E-state index is 12.2. The number of nitrogens with one attached hydrogen (secondary N) is 1. The van der Waals surface area contributed by atoms with E-state index in [4.69, 9.17) is 0 Å². The van der Waals surface area contributed by atoms with Crippen LogP contribution in [-0.4, -0.2) is 56.6 Å². The van der Waals surface area contributed by atoms with E-state index in [1.165, 1.54) is 23.9 Å². The Bertz CT molecular complexity index is 499. The van der Waals surface area contributed by atoms with E-state index in [-0.39, 0.29) is 24.3 Å². The average molecular weight is 292 g/mol. The number of hydrogen-bond acceptors (Lipinski definition) is 5. The van der Waals surface area contributed by atoms with Crippen molar-refractivity contribution in [3.8, 4) is 0 Å². The van der Waals surface area contributed by atoms with Gasteiger partial charge in [0.1, 0.15) is 12.9 Å². The predicted octanol–water partition coefficient (Wildman–Crippen LogP) is -0.562. The van der Waals surface area contributed by atoms with Crippen LogP contribution in [0.1, 0.15) is 25.7 Å². The third-order valence-electron chi connectivity index (χ3n) is 4.10. The molecule has 0 aromatic carbocycles. The normalized spacial score (nSPS) is 22.1. The van der Waals surface area contributed by atoms with Gasteiger partial charge in [-0.05, 0) is 42.0 Å². The molecule has 1 saturated carbocycles. The molecule has 1 aromatic rings. The maximum atomic E-state index is 12.2. The number of carbonyl (C=O) groups excluding carboxylic acids is 2. The van der Waals surface area contributed by atoms with Crippen LogP contribution in [0.15, 0.2) is 6.33 Å². The number of nitrogens with zero attached hydrogens (tertiary/aromatic N) is 5. The number of hydrogen-bond donors (Lipinski definition) is 1. The molecule has 8 heteroatoms. The van der Waals surface area contributed by atoms with Crippen molar-refractivity contribution in [1.82, 2.24) is 30.4 Å². The van der Waals surface area contributed by atoms with Gasteiger partial charge in [0.15, 0.2) is 0 Å². The van der Waals surface area contributed by atoms with Gasteiger partial charge >= 0.3 is 0 Å². The van der Waals surface area contributed by atoms with Gasteiger partial charge in [0, 0.05) is 19.6 Å². The Morgan fingerprint density at radius 2 is 2.14 bits per heavy atom. The molecular formula is C13H20N6O2. The van der Waals surface area contributed by atoms with Gasteiger partial charge in [0.2, 0.25) is 11.8 Å². The largest absolute Gasteiger partial charge is 0.356 e. The summed E-state index contributed by atoms with van der Waals surface area (Å²) in [6, 6.07) is 0. The minimum absolute atomic E-state index is 0.0398. The fraction of sp³-hybridized carbons (Fsp3) is 0.769. The molecule has 2 heterocycles. The quantitative estimate of drug-likeness (QED) is 0.785. The SMILES string of the molecule is O=C(NCC1CC1)C1CCCN(C(=O)Cn2cnnn2)C1. The Labute approximate surface area is 122 Å². The zero-order chi connectivity index (χ0) is 14.7. The fourth-order valence-corrected chi connectivity index (χ4v) is 2.62. The maximum Gasteiger partial charge on any atom is 0.244 e. The molecule has 2 fully saturated rings. The summed E-state index contributed by atoms with van der Waals surface area (Å²) < 4.78 is 1.40. The molecule has 1 saturated heterocycles. The van der Waals surface area contributed by atoms with E-state index >= 15 is 0 Å². The van der Waals surface area contributed by atoms with Crippen LogP contribution < -0.4 is 5.32 Å². The molecule has 21 heavy (non-hydrogen) atoms. The second-order valence-electron chi connectivity index (χ2n) is 5.87. The Morgan fingerprint density at radius 3 is 2.86 bits per heavy atom. The minimum atomic E-state index is -0.0877. The summed E-state index contributed by atoms with van der Waals surface area (Å²) in [4.78, 5) is 26.1. The summed E-state index contributed by atoms with van der Waals surface area (Å²) in [6.45, 7) is 2.11. The lowest BCUT2D eigenvalue weighted by Gasteiger charge is -2.32. The molecule has 8 nitrogen and oxygen atoms in total. The minimum Gasteiger partial charge on any atom is -0.356 e. The predicted molar refractivity (Wildman–Crippen MR) is 72.9 cm³/mol. The molecule has 1 atom stereocenters. The van der Waals surface area contributed by atoms with Gasteiger partial charge in [-0.2, -0.15) is 0 Å². The van der Waals surface area contributed by atoms with E-state index in [0.717, 1.165) is 19.4 Å². The first-order valence-electron chi connectivity index (χ1n) is 7.48. The van der Waals surface area contributed by atoms with E-state index in [2.05, 4.69) is 20.8 Å². The van der Waals surface area contributed by atoms with Gasteiger partial charge in [-0.15, -0.1) is 5.10 Å². The summed E-state index contributed by atoms with van der Waals surface area (Å²) in [5.41, 5.74) is 0. The van der Waals surface area contributed by atoms with Crippen molar-refractivity contribution >= 4 is 11.8 Å². The van der Waals surface area contributed by atoms with Crippen LogP contribution in [-0.2, 0) is 16.1 Å². The van der Waals surface area contributed by atoms with Crippen molar-refractivity contribution in [2.24, 2.45) is 11.8 Å². The van der Waals surface area contributed by atoms with E-state index in [9.17, 15) is 9.59 Å². The van der Waals surface area contributed by atoms with Gasteiger partial charge < -0.3 is 10.2 Å². The first-order valence-corrected chi connectivity index (χ1v) is 7.48. The second-order valence-corrected chi connectivity index (χ2v) is 5.87. The highest BCUT2D eigenvalue weighted by Crippen LogP contribution is 2.27. The van der Waals surface area contributed by atoms with Crippen LogP contribution in [0.25, 0.3) is 0 Å². The molecule has 1 aliphatic heterocycles. The van der Waals surface area contributed by atoms with Gasteiger partial charge in [0.25, 0.3) is 0 Å². The van der Waals surface area contributed by atoms with Crippen molar-refractivity contribution in [3.63, 3.8) is 0 Å². The topological polar surface area (TPSA) is 93.0 Å². The van der Waals surface area contributed by atoms with Gasteiger partial charge in [0.05, 0.1) is 5.92 Å². The monoisotopic (exact) mass is 292 g/mol. The third kappa shape index (κ3) is 3.77. The Kier molecular flexibility index (Phi) is 4.12. The molecule has 1 aromatic heterocycles. The van der Waals surface area contributed by atoms with Crippen molar-refractivity contribution in [2.75, 3.05) is 19.6 Å². The van der Waals surface area contributed by atoms with Crippen molar-refractivity contribution < 1.29 is 9.59 Å². The number of likely N-dealkylation sites (tertiary alicyclic amines) is 1. The zero-order valence-corrected chi connectivity index (χ0v) is 11.9. The molecule has 0 bridgehead atoms. The van der Waals surface area contributed by atoms with Crippen molar-refractivity contribution in [1.29, 1.82) is 0 Å². The highest BCUT2D eigenvalue weighted by atomic mass is 16.2. The summed E-state index contributed by atoms with van der Waals surface area (Å²) in [5, 5.41) is 13.7. The first-order chi connectivity index (χ1) is 10.2. The molecule has 1 N–H and O–H groups in total. The van der Waals surface area contributed by atoms with E-state index < -0.39 is 0 Å². The van der Waals surface area contributed by atoms with Gasteiger partial charge in [-0.3, -0.25) is 9.59 Å². The Morgan fingerprint density at radius 1 is 1.29 bits per heavy atom. The number of carbonyl (C=O) groups is 2.